The van der Waals surface area contributed by atoms with Crippen LogP contribution in [0.25, 0.3) is 44.1 Å². The van der Waals surface area contributed by atoms with E-state index in [1.54, 1.807) is 42.9 Å². The zero-order chi connectivity index (χ0) is 40.7. The van der Waals surface area contributed by atoms with Crippen LogP contribution in [0.1, 0.15) is 86.9 Å². The summed E-state index contributed by atoms with van der Waals surface area (Å²) < 4.78 is 16.4. The van der Waals surface area contributed by atoms with E-state index >= 15 is 4.39 Å². The first-order valence-corrected chi connectivity index (χ1v) is 19.0. The Balaban J connectivity index is 0.940. The topological polar surface area (TPSA) is 166 Å². The summed E-state index contributed by atoms with van der Waals surface area (Å²) in [6.45, 7) is 4.55. The van der Waals surface area contributed by atoms with Gasteiger partial charge in [0.05, 0.1) is 16.8 Å². The quantitative estimate of drug-likeness (QED) is 0.0837. The molecule has 2 aliphatic heterocycles. The molecule has 1 atom stereocenters. The zero-order valence-corrected chi connectivity index (χ0v) is 32.0. The van der Waals surface area contributed by atoms with Crippen LogP contribution >= 0.6 is 0 Å². The molecular weight excluding hydrogens is 738 g/mol. The zero-order valence-electron chi connectivity index (χ0n) is 32.0. The molecule has 5 amide bonds. The second-order valence-corrected chi connectivity index (χ2v) is 14.6. The molecule has 5 heterocycles. The van der Waals surface area contributed by atoms with Crippen LogP contribution < -0.4 is 16.0 Å². The van der Waals surface area contributed by atoms with Gasteiger partial charge < -0.3 is 20.5 Å². The molecule has 4 N–H and O–H groups in total. The maximum absolute atomic E-state index is 16.4. The highest BCUT2D eigenvalue weighted by molar-refractivity contribution is 6.10. The standard InChI is InChI=1S/C45H38FN7O5/c1-24(2)30-19-31(40(46)39-33(42(55)47-3)22-51-41(30)39)28-11-7-10-26-18-36(50-21-32(26)28)27-13-14-35(49-20-27)43(56)48-17-5-4-8-25-9-6-12-29-34(25)23-53(45(29)58)37-15-16-38(54)52-44(37)57/h6-7,9-14,18-22,24,37,51H,5,15-17,23H2,1-3H3,(H,47,55)(H,48,56)(H,52,54,57). The van der Waals surface area contributed by atoms with Crippen LogP contribution in [0.3, 0.4) is 0 Å². The van der Waals surface area contributed by atoms with Gasteiger partial charge in [0.15, 0.2) is 0 Å². The predicted molar refractivity (Wildman–Crippen MR) is 216 cm³/mol. The number of hydrogen-bond donors (Lipinski definition) is 4. The van der Waals surface area contributed by atoms with Gasteiger partial charge in [-0.1, -0.05) is 50.0 Å². The summed E-state index contributed by atoms with van der Waals surface area (Å²) in [7, 11) is 1.52. The van der Waals surface area contributed by atoms with Gasteiger partial charge in [-0.3, -0.25) is 39.3 Å². The molecular formula is C45H38FN7O5. The number of fused-ring (bicyclic) bond motifs is 3. The SMILES string of the molecule is CNC(=O)c1c[nH]c2c(C(C)C)cc(-c3cccc4cc(-c5ccc(C(=O)NCCC#Cc6cccc7c6CN(C6CCC(=O)NC6=O)C7=O)nc5)ncc34)c(F)c12. The summed E-state index contributed by atoms with van der Waals surface area (Å²) in [4.78, 5) is 76.4. The number of imide groups is 1. The normalized spacial score (nSPS) is 15.0. The van der Waals surface area contributed by atoms with E-state index in [4.69, 9.17) is 4.98 Å². The molecule has 3 aromatic carbocycles. The van der Waals surface area contributed by atoms with Crippen LogP contribution in [0.4, 0.5) is 4.39 Å². The number of amides is 5. The Bertz CT molecular complexity index is 2760. The smallest absolute Gasteiger partial charge is 0.269 e. The van der Waals surface area contributed by atoms with Crippen molar-refractivity contribution in [1.29, 1.82) is 0 Å². The largest absolute Gasteiger partial charge is 0.360 e. The number of pyridine rings is 2. The third-order valence-electron chi connectivity index (χ3n) is 10.7. The first-order valence-electron chi connectivity index (χ1n) is 19.0. The van der Waals surface area contributed by atoms with Gasteiger partial charge in [-0.15, -0.1) is 0 Å². The number of carbonyl (C=O) groups is 5. The van der Waals surface area contributed by atoms with Gasteiger partial charge in [0.1, 0.15) is 17.6 Å². The molecule has 290 valence electrons. The van der Waals surface area contributed by atoms with E-state index in [0.717, 1.165) is 21.9 Å². The number of benzene rings is 3. The Morgan fingerprint density at radius 2 is 1.79 bits per heavy atom. The minimum atomic E-state index is -0.705. The average molecular weight is 776 g/mol. The average Bonchev–Trinajstić information content (AvgIpc) is 3.82. The van der Waals surface area contributed by atoms with E-state index in [-0.39, 0.29) is 72.1 Å². The van der Waals surface area contributed by atoms with E-state index in [0.29, 0.717) is 45.4 Å². The highest BCUT2D eigenvalue weighted by Crippen LogP contribution is 2.39. The van der Waals surface area contributed by atoms with Gasteiger partial charge in [-0.25, -0.2) is 4.39 Å². The molecule has 0 saturated carbocycles. The third-order valence-corrected chi connectivity index (χ3v) is 10.7. The van der Waals surface area contributed by atoms with Crippen molar-refractivity contribution in [3.05, 3.63) is 119 Å². The third kappa shape index (κ3) is 6.83. The molecule has 8 rings (SSSR count). The van der Waals surface area contributed by atoms with E-state index in [2.05, 4.69) is 37.8 Å². The number of nitrogens with one attached hydrogen (secondary N) is 4. The number of H-pyrrole nitrogens is 1. The van der Waals surface area contributed by atoms with Crippen LogP contribution in [0.5, 0.6) is 0 Å². The van der Waals surface area contributed by atoms with Gasteiger partial charge in [-0.05, 0) is 70.8 Å². The molecule has 6 aromatic rings. The summed E-state index contributed by atoms with van der Waals surface area (Å²) in [6, 6.07) is 17.3. The van der Waals surface area contributed by atoms with Crippen molar-refractivity contribution in [3.63, 3.8) is 0 Å². The van der Waals surface area contributed by atoms with Crippen LogP contribution in [0, 0.1) is 17.7 Å². The maximum atomic E-state index is 16.4. The molecule has 3 aromatic heterocycles. The molecule has 58 heavy (non-hydrogen) atoms. The Hall–Kier alpha value is -7.20. The fourth-order valence-electron chi connectivity index (χ4n) is 7.70. The van der Waals surface area contributed by atoms with Crippen LogP contribution in [0.15, 0.2) is 79.3 Å². The lowest BCUT2D eigenvalue weighted by Crippen LogP contribution is -2.52. The van der Waals surface area contributed by atoms with Crippen LogP contribution in [-0.4, -0.2) is 69.0 Å². The Labute approximate surface area is 332 Å². The second-order valence-electron chi connectivity index (χ2n) is 14.6. The molecule has 13 heteroatoms. The van der Waals surface area contributed by atoms with Gasteiger partial charge in [0, 0.05) is 84.6 Å². The Morgan fingerprint density at radius 3 is 2.55 bits per heavy atom. The maximum Gasteiger partial charge on any atom is 0.269 e. The molecule has 1 saturated heterocycles. The number of piperidine rings is 1. The second kappa shape index (κ2) is 15.4. The van der Waals surface area contributed by atoms with Crippen molar-refractivity contribution < 1.29 is 28.4 Å². The molecule has 0 spiro atoms. The van der Waals surface area contributed by atoms with E-state index in [1.165, 1.54) is 11.9 Å². The predicted octanol–water partition coefficient (Wildman–Crippen LogP) is 6.00. The first-order chi connectivity index (χ1) is 28.0. The van der Waals surface area contributed by atoms with Crippen molar-refractivity contribution >= 4 is 51.2 Å². The molecule has 0 radical (unpaired) electrons. The van der Waals surface area contributed by atoms with Crippen molar-refractivity contribution in [3.8, 4) is 34.2 Å². The highest BCUT2D eigenvalue weighted by Gasteiger charge is 2.39. The minimum absolute atomic E-state index is 0.0572. The lowest BCUT2D eigenvalue weighted by molar-refractivity contribution is -0.136. The monoisotopic (exact) mass is 775 g/mol. The van der Waals surface area contributed by atoms with Gasteiger partial charge in [0.2, 0.25) is 11.8 Å². The molecule has 1 unspecified atom stereocenters. The first kappa shape index (κ1) is 37.7. The van der Waals surface area contributed by atoms with E-state index in [1.807, 2.05) is 50.2 Å². The van der Waals surface area contributed by atoms with Crippen molar-refractivity contribution in [1.82, 2.24) is 35.8 Å². The molecule has 2 aliphatic rings. The molecule has 0 bridgehead atoms. The van der Waals surface area contributed by atoms with Gasteiger partial charge in [-0.2, -0.15) is 0 Å². The number of aromatic nitrogens is 3. The highest BCUT2D eigenvalue weighted by atomic mass is 19.1. The van der Waals surface area contributed by atoms with Crippen molar-refractivity contribution in [2.24, 2.45) is 0 Å². The number of hydrogen-bond acceptors (Lipinski definition) is 7. The fraction of sp³-hybridized carbons (Fsp3) is 0.222. The number of halogens is 1. The lowest BCUT2D eigenvalue weighted by Gasteiger charge is -2.29. The van der Waals surface area contributed by atoms with Gasteiger partial charge >= 0.3 is 0 Å². The number of aromatic amines is 1. The van der Waals surface area contributed by atoms with Crippen molar-refractivity contribution in [2.75, 3.05) is 13.6 Å². The summed E-state index contributed by atoms with van der Waals surface area (Å²) in [5, 5.41) is 9.57. The number of nitrogens with zero attached hydrogens (tertiary/aromatic N) is 3. The summed E-state index contributed by atoms with van der Waals surface area (Å²) in [5.74, 6) is 3.93. The molecule has 12 nitrogen and oxygen atoms in total. The lowest BCUT2D eigenvalue weighted by atomic mass is 9.91. The summed E-state index contributed by atoms with van der Waals surface area (Å²) in [5.41, 5.74) is 6.19. The number of carbonyl (C=O) groups excluding carboxylic acids is 5. The number of rotatable bonds is 8. The van der Waals surface area contributed by atoms with Crippen LogP contribution in [0.2, 0.25) is 0 Å². The van der Waals surface area contributed by atoms with E-state index in [9.17, 15) is 24.0 Å². The molecule has 1 fully saturated rings. The Morgan fingerprint density at radius 1 is 0.983 bits per heavy atom. The minimum Gasteiger partial charge on any atom is -0.360 e. The van der Waals surface area contributed by atoms with Gasteiger partial charge in [0.25, 0.3) is 17.7 Å². The molecule has 0 aliphatic carbocycles. The summed E-state index contributed by atoms with van der Waals surface area (Å²) >= 11 is 0. The summed E-state index contributed by atoms with van der Waals surface area (Å²) in [6.07, 6.45) is 5.63. The fourth-order valence-corrected chi connectivity index (χ4v) is 7.70. The van der Waals surface area contributed by atoms with E-state index < -0.39 is 17.8 Å². The Kier molecular flexibility index (Phi) is 10.0. The van der Waals surface area contributed by atoms with Crippen molar-refractivity contribution in [2.45, 2.75) is 51.6 Å². The van der Waals surface area contributed by atoms with Crippen LogP contribution in [-0.2, 0) is 16.1 Å².